The van der Waals surface area contributed by atoms with Crippen molar-refractivity contribution in [3.63, 3.8) is 0 Å². The second-order valence-electron chi connectivity index (χ2n) is 6.08. The van der Waals surface area contributed by atoms with Crippen LogP contribution in [0.1, 0.15) is 58.8 Å². The number of unbranched alkanes of at least 4 members (excludes halogenated alkanes) is 3. The van der Waals surface area contributed by atoms with Crippen LogP contribution in [0.5, 0.6) is 0 Å². The normalized spacial score (nSPS) is 18.7. The molecule has 19 heavy (non-hydrogen) atoms. The zero-order valence-electron chi connectivity index (χ0n) is 12.6. The summed E-state index contributed by atoms with van der Waals surface area (Å²) in [6.45, 7) is 7.29. The first kappa shape index (κ1) is 18.7. The summed E-state index contributed by atoms with van der Waals surface area (Å²) >= 11 is 0. The summed E-state index contributed by atoms with van der Waals surface area (Å²) in [5.41, 5.74) is 5.45. The Hall–Kier alpha value is -0.280. The first-order valence-electron chi connectivity index (χ1n) is 7.61. The molecule has 1 unspecified atom stereocenters. The first-order chi connectivity index (χ1) is 8.63. The van der Waals surface area contributed by atoms with Crippen LogP contribution in [0.15, 0.2) is 0 Å². The number of hydrogen-bond acceptors (Lipinski definition) is 2. The molecule has 0 saturated carbocycles. The highest BCUT2D eigenvalue weighted by Gasteiger charge is 2.25. The summed E-state index contributed by atoms with van der Waals surface area (Å²) in [7, 11) is 0. The third-order valence-corrected chi connectivity index (χ3v) is 3.79. The summed E-state index contributed by atoms with van der Waals surface area (Å²) in [4.78, 5) is 14.1. The molecule has 0 bridgehead atoms. The molecule has 0 aromatic carbocycles. The molecule has 1 fully saturated rings. The first-order valence-corrected chi connectivity index (χ1v) is 7.61. The smallest absolute Gasteiger partial charge is 0.222 e. The largest absolute Gasteiger partial charge is 0.342 e. The maximum atomic E-state index is 12.0. The zero-order valence-corrected chi connectivity index (χ0v) is 13.4. The molecule has 3 nitrogen and oxygen atoms in total. The summed E-state index contributed by atoms with van der Waals surface area (Å²) in [5.74, 6) is 1.86. The fourth-order valence-corrected chi connectivity index (χ4v) is 2.85. The van der Waals surface area contributed by atoms with E-state index in [2.05, 4.69) is 18.7 Å². The van der Waals surface area contributed by atoms with E-state index in [0.717, 1.165) is 57.2 Å². The van der Waals surface area contributed by atoms with Gasteiger partial charge in [-0.05, 0) is 44.1 Å². The van der Waals surface area contributed by atoms with Crippen molar-refractivity contribution < 1.29 is 4.79 Å². The van der Waals surface area contributed by atoms with E-state index in [-0.39, 0.29) is 12.4 Å². The van der Waals surface area contributed by atoms with Crippen molar-refractivity contribution in [2.45, 2.75) is 58.8 Å². The van der Waals surface area contributed by atoms with Gasteiger partial charge in [-0.25, -0.2) is 0 Å². The third kappa shape index (κ3) is 7.78. The number of hydrogen-bond donors (Lipinski definition) is 1. The van der Waals surface area contributed by atoms with Crippen LogP contribution in [0.3, 0.4) is 0 Å². The molecule has 0 aromatic heterocycles. The van der Waals surface area contributed by atoms with Gasteiger partial charge in [-0.1, -0.05) is 26.7 Å². The van der Waals surface area contributed by atoms with Crippen LogP contribution in [0, 0.1) is 11.8 Å². The van der Waals surface area contributed by atoms with Gasteiger partial charge in [0.15, 0.2) is 0 Å². The van der Waals surface area contributed by atoms with E-state index >= 15 is 0 Å². The average molecular weight is 291 g/mol. The number of halogens is 1. The second-order valence-corrected chi connectivity index (χ2v) is 6.08. The Morgan fingerprint density at radius 1 is 1.26 bits per heavy atom. The van der Waals surface area contributed by atoms with E-state index in [1.165, 1.54) is 19.3 Å². The van der Waals surface area contributed by atoms with Crippen LogP contribution in [-0.2, 0) is 4.79 Å². The molecule has 1 heterocycles. The Kier molecular flexibility index (Phi) is 10.3. The molecule has 1 aliphatic heterocycles. The van der Waals surface area contributed by atoms with E-state index in [4.69, 9.17) is 5.73 Å². The van der Waals surface area contributed by atoms with E-state index < -0.39 is 0 Å². The average Bonchev–Trinajstić information content (AvgIpc) is 2.76. The number of nitrogens with two attached hydrogens (primary N) is 1. The molecule has 1 rings (SSSR count). The van der Waals surface area contributed by atoms with Crippen molar-refractivity contribution in [1.29, 1.82) is 0 Å². The summed E-state index contributed by atoms with van der Waals surface area (Å²) < 4.78 is 0. The van der Waals surface area contributed by atoms with Gasteiger partial charge in [0.05, 0.1) is 0 Å². The SMILES string of the molecule is CC(C)CC1CCN(C(=O)CCCCCCN)C1.Cl. The lowest BCUT2D eigenvalue weighted by molar-refractivity contribution is -0.130. The van der Waals surface area contributed by atoms with Crippen molar-refractivity contribution in [1.82, 2.24) is 4.90 Å². The lowest BCUT2D eigenvalue weighted by Gasteiger charge is -2.17. The van der Waals surface area contributed by atoms with Gasteiger partial charge < -0.3 is 10.6 Å². The fourth-order valence-electron chi connectivity index (χ4n) is 2.85. The minimum absolute atomic E-state index is 0. The molecule has 0 aliphatic carbocycles. The highest BCUT2D eigenvalue weighted by Crippen LogP contribution is 2.24. The van der Waals surface area contributed by atoms with Gasteiger partial charge in [0.2, 0.25) is 5.91 Å². The van der Waals surface area contributed by atoms with Gasteiger partial charge in [0, 0.05) is 19.5 Å². The Balaban J connectivity index is 0.00000324. The second kappa shape index (κ2) is 10.5. The maximum absolute atomic E-state index is 12.0. The molecule has 114 valence electrons. The van der Waals surface area contributed by atoms with Crippen molar-refractivity contribution >= 4 is 18.3 Å². The van der Waals surface area contributed by atoms with E-state index in [0.29, 0.717) is 5.91 Å². The summed E-state index contributed by atoms with van der Waals surface area (Å²) in [5, 5.41) is 0. The van der Waals surface area contributed by atoms with Crippen molar-refractivity contribution in [2.24, 2.45) is 17.6 Å². The van der Waals surface area contributed by atoms with Gasteiger partial charge in [-0.3, -0.25) is 4.79 Å². The predicted octanol–water partition coefficient (Wildman–Crippen LogP) is 3.21. The quantitative estimate of drug-likeness (QED) is 0.698. The van der Waals surface area contributed by atoms with Gasteiger partial charge in [-0.15, -0.1) is 12.4 Å². The number of carbonyl (C=O) groups excluding carboxylic acids is 1. The Bertz CT molecular complexity index is 246. The molecule has 1 atom stereocenters. The maximum Gasteiger partial charge on any atom is 0.222 e. The van der Waals surface area contributed by atoms with Gasteiger partial charge in [0.1, 0.15) is 0 Å². The van der Waals surface area contributed by atoms with Crippen molar-refractivity contribution in [3.8, 4) is 0 Å². The summed E-state index contributed by atoms with van der Waals surface area (Å²) in [6.07, 6.45) is 7.64. The van der Waals surface area contributed by atoms with Crippen LogP contribution >= 0.6 is 12.4 Å². The number of rotatable bonds is 8. The van der Waals surface area contributed by atoms with Crippen molar-refractivity contribution in [2.75, 3.05) is 19.6 Å². The Morgan fingerprint density at radius 2 is 1.95 bits per heavy atom. The topological polar surface area (TPSA) is 46.3 Å². The van der Waals surface area contributed by atoms with E-state index in [9.17, 15) is 4.79 Å². The minimum atomic E-state index is 0. The fraction of sp³-hybridized carbons (Fsp3) is 0.933. The molecule has 1 aliphatic rings. The van der Waals surface area contributed by atoms with Crippen molar-refractivity contribution in [3.05, 3.63) is 0 Å². The molecule has 1 amide bonds. The number of likely N-dealkylation sites (tertiary alicyclic amines) is 1. The Labute approximate surface area is 124 Å². The third-order valence-electron chi connectivity index (χ3n) is 3.79. The van der Waals surface area contributed by atoms with E-state index in [1.54, 1.807) is 0 Å². The van der Waals surface area contributed by atoms with Crippen LogP contribution < -0.4 is 5.73 Å². The lowest BCUT2D eigenvalue weighted by Crippen LogP contribution is -2.28. The molecule has 0 spiro atoms. The van der Waals surface area contributed by atoms with Gasteiger partial charge >= 0.3 is 0 Å². The van der Waals surface area contributed by atoms with Crippen LogP contribution in [-0.4, -0.2) is 30.4 Å². The molecular formula is C15H31ClN2O. The standard InChI is InChI=1S/C15H30N2O.ClH/c1-13(2)11-14-8-10-17(12-14)15(18)7-5-3-4-6-9-16;/h13-14H,3-12,16H2,1-2H3;1H. The summed E-state index contributed by atoms with van der Waals surface area (Å²) in [6, 6.07) is 0. The number of amides is 1. The molecule has 0 radical (unpaired) electrons. The highest BCUT2D eigenvalue weighted by atomic mass is 35.5. The molecule has 1 saturated heterocycles. The molecular weight excluding hydrogens is 260 g/mol. The van der Waals surface area contributed by atoms with Crippen LogP contribution in [0.25, 0.3) is 0 Å². The predicted molar refractivity (Wildman–Crippen MR) is 83.5 cm³/mol. The van der Waals surface area contributed by atoms with Crippen LogP contribution in [0.2, 0.25) is 0 Å². The minimum Gasteiger partial charge on any atom is -0.342 e. The molecule has 0 aromatic rings. The Morgan fingerprint density at radius 3 is 2.58 bits per heavy atom. The van der Waals surface area contributed by atoms with Gasteiger partial charge in [-0.2, -0.15) is 0 Å². The number of carbonyl (C=O) groups is 1. The lowest BCUT2D eigenvalue weighted by atomic mass is 9.97. The van der Waals surface area contributed by atoms with Crippen LogP contribution in [0.4, 0.5) is 0 Å². The van der Waals surface area contributed by atoms with Gasteiger partial charge in [0.25, 0.3) is 0 Å². The molecule has 4 heteroatoms. The monoisotopic (exact) mass is 290 g/mol. The van der Waals surface area contributed by atoms with E-state index in [1.807, 2.05) is 0 Å². The highest BCUT2D eigenvalue weighted by molar-refractivity contribution is 5.85. The molecule has 2 N–H and O–H groups in total. The number of nitrogens with zero attached hydrogens (tertiary/aromatic N) is 1. The zero-order chi connectivity index (χ0) is 13.4.